The Labute approximate surface area is 126 Å². The summed E-state index contributed by atoms with van der Waals surface area (Å²) in [6.07, 6.45) is 1.61. The summed E-state index contributed by atoms with van der Waals surface area (Å²) in [4.78, 5) is 12.2. The van der Waals surface area contributed by atoms with Gasteiger partial charge in [0.15, 0.2) is 5.16 Å². The number of halogens is 1. The van der Waals surface area contributed by atoms with Gasteiger partial charge in [0.1, 0.15) is 6.33 Å². The summed E-state index contributed by atoms with van der Waals surface area (Å²) >= 11 is 7.30. The zero-order valence-corrected chi connectivity index (χ0v) is 13.0. The molecule has 1 amide bonds. The van der Waals surface area contributed by atoms with Crippen molar-refractivity contribution in [2.75, 3.05) is 5.32 Å². The van der Waals surface area contributed by atoms with Crippen molar-refractivity contribution in [1.82, 2.24) is 14.8 Å². The lowest BCUT2D eigenvalue weighted by atomic mass is 10.2. The summed E-state index contributed by atoms with van der Waals surface area (Å²) in [6.45, 7) is 3.75. The van der Waals surface area contributed by atoms with Crippen molar-refractivity contribution in [3.8, 4) is 0 Å². The molecule has 1 N–H and O–H groups in total. The molecule has 0 saturated carbocycles. The first-order valence-corrected chi connectivity index (χ1v) is 7.31. The van der Waals surface area contributed by atoms with E-state index < -0.39 is 0 Å². The van der Waals surface area contributed by atoms with Gasteiger partial charge in [-0.15, -0.1) is 10.2 Å². The van der Waals surface area contributed by atoms with E-state index in [4.69, 9.17) is 11.6 Å². The van der Waals surface area contributed by atoms with Gasteiger partial charge in [-0.05, 0) is 31.5 Å². The van der Waals surface area contributed by atoms with Gasteiger partial charge in [0.05, 0.1) is 5.25 Å². The van der Waals surface area contributed by atoms with E-state index in [9.17, 15) is 4.79 Å². The molecule has 2 rings (SSSR count). The van der Waals surface area contributed by atoms with Crippen LogP contribution >= 0.6 is 23.4 Å². The standard InChI is InChI=1S/C13H15ClN4OS/c1-8-4-5-10(14)6-11(8)16-12(19)9(2)20-13-17-15-7-18(13)3/h4-7,9H,1-3H3,(H,16,19)/t9-/m1/s1. The van der Waals surface area contributed by atoms with Gasteiger partial charge < -0.3 is 9.88 Å². The summed E-state index contributed by atoms with van der Waals surface area (Å²) in [7, 11) is 1.84. The van der Waals surface area contributed by atoms with E-state index >= 15 is 0 Å². The quantitative estimate of drug-likeness (QED) is 0.882. The minimum Gasteiger partial charge on any atom is -0.325 e. The van der Waals surface area contributed by atoms with E-state index in [2.05, 4.69) is 15.5 Å². The van der Waals surface area contributed by atoms with E-state index in [0.29, 0.717) is 10.2 Å². The van der Waals surface area contributed by atoms with Gasteiger partial charge in [-0.1, -0.05) is 29.4 Å². The van der Waals surface area contributed by atoms with Crippen LogP contribution in [-0.2, 0) is 11.8 Å². The summed E-state index contributed by atoms with van der Waals surface area (Å²) in [5.74, 6) is -0.0941. The largest absolute Gasteiger partial charge is 0.325 e. The molecule has 0 saturated heterocycles. The van der Waals surface area contributed by atoms with E-state index in [1.807, 2.05) is 27.0 Å². The van der Waals surface area contributed by atoms with Crippen LogP contribution in [0.5, 0.6) is 0 Å². The molecule has 7 heteroatoms. The lowest BCUT2D eigenvalue weighted by Gasteiger charge is -2.13. The summed E-state index contributed by atoms with van der Waals surface area (Å²) in [5, 5.41) is 11.6. The van der Waals surface area contributed by atoms with Crippen molar-refractivity contribution < 1.29 is 4.79 Å². The van der Waals surface area contributed by atoms with Crippen molar-refractivity contribution in [1.29, 1.82) is 0 Å². The Kier molecular flexibility index (Phi) is 4.67. The third-order valence-corrected chi connectivity index (χ3v) is 4.16. The number of hydrogen-bond donors (Lipinski definition) is 1. The Balaban J connectivity index is 2.04. The Morgan fingerprint density at radius 1 is 1.50 bits per heavy atom. The van der Waals surface area contributed by atoms with Crippen LogP contribution in [0.1, 0.15) is 12.5 Å². The molecule has 0 spiro atoms. The molecule has 0 fully saturated rings. The first-order chi connectivity index (χ1) is 9.47. The van der Waals surface area contributed by atoms with Crippen LogP contribution < -0.4 is 5.32 Å². The molecule has 106 valence electrons. The van der Waals surface area contributed by atoms with E-state index in [1.54, 1.807) is 23.0 Å². The number of nitrogens with zero attached hydrogens (tertiary/aromatic N) is 3. The molecule has 2 aromatic rings. The maximum atomic E-state index is 12.2. The van der Waals surface area contributed by atoms with Gasteiger partial charge in [-0.2, -0.15) is 0 Å². The number of anilines is 1. The predicted molar refractivity (Wildman–Crippen MR) is 81.1 cm³/mol. The second-order valence-electron chi connectivity index (χ2n) is 4.43. The molecule has 0 aliphatic heterocycles. The molecular formula is C13H15ClN4OS. The molecule has 0 unspecified atom stereocenters. The smallest absolute Gasteiger partial charge is 0.237 e. The lowest BCUT2D eigenvalue weighted by molar-refractivity contribution is -0.115. The molecule has 1 heterocycles. The van der Waals surface area contributed by atoms with E-state index in [-0.39, 0.29) is 11.2 Å². The third kappa shape index (κ3) is 3.52. The highest BCUT2D eigenvalue weighted by Crippen LogP contribution is 2.24. The minimum absolute atomic E-state index is 0.0941. The molecule has 0 radical (unpaired) electrons. The average molecular weight is 311 g/mol. The number of carbonyl (C=O) groups is 1. The number of aromatic nitrogens is 3. The van der Waals surface area contributed by atoms with Crippen molar-refractivity contribution >= 4 is 35.0 Å². The normalized spacial score (nSPS) is 12.2. The van der Waals surface area contributed by atoms with Crippen molar-refractivity contribution in [2.24, 2.45) is 7.05 Å². The molecule has 20 heavy (non-hydrogen) atoms. The Hall–Kier alpha value is -1.53. The van der Waals surface area contributed by atoms with Crippen LogP contribution in [0.15, 0.2) is 29.7 Å². The fourth-order valence-corrected chi connectivity index (χ4v) is 2.52. The second-order valence-corrected chi connectivity index (χ2v) is 6.18. The molecule has 1 aromatic carbocycles. The van der Waals surface area contributed by atoms with E-state index in [1.165, 1.54) is 11.8 Å². The molecule has 5 nitrogen and oxygen atoms in total. The molecule has 0 bridgehead atoms. The number of benzene rings is 1. The van der Waals surface area contributed by atoms with Gasteiger partial charge in [0.25, 0.3) is 0 Å². The number of nitrogens with one attached hydrogen (secondary N) is 1. The molecule has 0 aliphatic rings. The van der Waals surface area contributed by atoms with Crippen LogP contribution in [0.25, 0.3) is 0 Å². The first-order valence-electron chi connectivity index (χ1n) is 6.05. The molecule has 1 atom stereocenters. The summed E-state index contributed by atoms with van der Waals surface area (Å²) in [5.41, 5.74) is 1.70. The number of carbonyl (C=O) groups excluding carboxylic acids is 1. The maximum absolute atomic E-state index is 12.2. The lowest BCUT2D eigenvalue weighted by Crippen LogP contribution is -2.23. The highest BCUT2D eigenvalue weighted by atomic mass is 35.5. The van der Waals surface area contributed by atoms with Crippen molar-refractivity contribution in [3.63, 3.8) is 0 Å². The van der Waals surface area contributed by atoms with Gasteiger partial charge in [0, 0.05) is 17.8 Å². The van der Waals surface area contributed by atoms with Crippen molar-refractivity contribution in [2.45, 2.75) is 24.3 Å². The Bertz CT molecular complexity index is 629. The molecule has 0 aliphatic carbocycles. The SMILES string of the molecule is Cc1ccc(Cl)cc1NC(=O)[C@@H](C)Sc1nncn1C. The number of aryl methyl sites for hydroxylation is 2. The van der Waals surface area contributed by atoms with Gasteiger partial charge >= 0.3 is 0 Å². The van der Waals surface area contributed by atoms with Crippen LogP contribution in [0.4, 0.5) is 5.69 Å². The van der Waals surface area contributed by atoms with Gasteiger partial charge in [-0.3, -0.25) is 4.79 Å². The fourth-order valence-electron chi connectivity index (χ4n) is 1.55. The Morgan fingerprint density at radius 3 is 2.90 bits per heavy atom. The third-order valence-electron chi connectivity index (χ3n) is 2.78. The minimum atomic E-state index is -0.281. The predicted octanol–water partition coefficient (Wildman–Crippen LogP) is 2.90. The first kappa shape index (κ1) is 14.9. The van der Waals surface area contributed by atoms with Crippen LogP contribution in [0.2, 0.25) is 5.02 Å². The van der Waals surface area contributed by atoms with E-state index in [0.717, 1.165) is 11.3 Å². The zero-order valence-electron chi connectivity index (χ0n) is 11.4. The monoisotopic (exact) mass is 310 g/mol. The van der Waals surface area contributed by atoms with Crippen LogP contribution in [0.3, 0.4) is 0 Å². The number of amides is 1. The van der Waals surface area contributed by atoms with Crippen LogP contribution in [-0.4, -0.2) is 25.9 Å². The fraction of sp³-hybridized carbons (Fsp3) is 0.308. The summed E-state index contributed by atoms with van der Waals surface area (Å²) in [6, 6.07) is 5.41. The summed E-state index contributed by atoms with van der Waals surface area (Å²) < 4.78 is 1.78. The van der Waals surface area contributed by atoms with Gasteiger partial charge in [0.2, 0.25) is 5.91 Å². The number of hydrogen-bond acceptors (Lipinski definition) is 4. The average Bonchev–Trinajstić information content (AvgIpc) is 2.79. The number of thioether (sulfide) groups is 1. The highest BCUT2D eigenvalue weighted by Gasteiger charge is 2.17. The highest BCUT2D eigenvalue weighted by molar-refractivity contribution is 8.00. The van der Waals surface area contributed by atoms with Crippen molar-refractivity contribution in [3.05, 3.63) is 35.1 Å². The van der Waals surface area contributed by atoms with Crippen LogP contribution in [0, 0.1) is 6.92 Å². The topological polar surface area (TPSA) is 59.8 Å². The molecule has 1 aromatic heterocycles. The zero-order chi connectivity index (χ0) is 14.7. The number of rotatable bonds is 4. The Morgan fingerprint density at radius 2 is 2.25 bits per heavy atom. The van der Waals surface area contributed by atoms with Gasteiger partial charge in [-0.25, -0.2) is 0 Å². The second kappa shape index (κ2) is 6.28. The molecular weight excluding hydrogens is 296 g/mol. The maximum Gasteiger partial charge on any atom is 0.237 e.